The van der Waals surface area contributed by atoms with Crippen LogP contribution < -0.4 is 0 Å². The maximum atomic E-state index is 12.8. The van der Waals surface area contributed by atoms with Gasteiger partial charge in [-0.1, -0.05) is 6.42 Å². The summed E-state index contributed by atoms with van der Waals surface area (Å²) in [6, 6.07) is 6.01. The van der Waals surface area contributed by atoms with Crippen molar-refractivity contribution in [2.45, 2.75) is 25.4 Å². The molecule has 0 radical (unpaired) electrons. The first-order valence-electron chi connectivity index (χ1n) is 7.94. The van der Waals surface area contributed by atoms with Crippen LogP contribution in [0.4, 0.5) is 5.69 Å². The van der Waals surface area contributed by atoms with E-state index in [-0.39, 0.29) is 23.6 Å². The van der Waals surface area contributed by atoms with E-state index in [1.54, 1.807) is 24.1 Å². The Morgan fingerprint density at radius 1 is 1.42 bits per heavy atom. The van der Waals surface area contributed by atoms with E-state index in [1.165, 1.54) is 18.3 Å². The third kappa shape index (κ3) is 2.94. The minimum absolute atomic E-state index is 0.0662. The van der Waals surface area contributed by atoms with Crippen molar-refractivity contribution in [3.8, 4) is 0 Å². The van der Waals surface area contributed by atoms with Crippen LogP contribution in [-0.2, 0) is 0 Å². The molecule has 1 aromatic heterocycles. The Morgan fingerprint density at radius 2 is 2.21 bits per heavy atom. The van der Waals surface area contributed by atoms with Crippen LogP contribution in [0, 0.1) is 16.0 Å². The lowest BCUT2D eigenvalue weighted by Gasteiger charge is -2.23. The predicted octanol–water partition coefficient (Wildman–Crippen LogP) is 2.38. The minimum atomic E-state index is -0.475. The van der Waals surface area contributed by atoms with Crippen LogP contribution in [0.25, 0.3) is 10.9 Å². The number of non-ortho nitro benzene ring substituents is 1. The molecule has 2 aromatic rings. The van der Waals surface area contributed by atoms with Gasteiger partial charge in [-0.15, -0.1) is 0 Å². The molecule has 0 aliphatic heterocycles. The van der Waals surface area contributed by atoms with Crippen molar-refractivity contribution in [1.82, 2.24) is 9.88 Å². The summed E-state index contributed by atoms with van der Waals surface area (Å²) < 4.78 is 0. The van der Waals surface area contributed by atoms with E-state index >= 15 is 0 Å². The molecule has 0 saturated heterocycles. The van der Waals surface area contributed by atoms with Crippen molar-refractivity contribution in [3.63, 3.8) is 0 Å². The molecule has 1 aliphatic carbocycles. The van der Waals surface area contributed by atoms with Gasteiger partial charge in [-0.25, -0.2) is 0 Å². The number of amides is 1. The molecule has 3 rings (SSSR count). The minimum Gasteiger partial charge on any atom is -0.393 e. The van der Waals surface area contributed by atoms with Crippen molar-refractivity contribution in [2.24, 2.45) is 5.92 Å². The Balaban J connectivity index is 1.92. The zero-order valence-electron chi connectivity index (χ0n) is 13.4. The summed E-state index contributed by atoms with van der Waals surface area (Å²) >= 11 is 0. The first kappa shape index (κ1) is 16.3. The monoisotopic (exact) mass is 329 g/mol. The molecule has 1 aromatic carbocycles. The fourth-order valence-corrected chi connectivity index (χ4v) is 3.36. The molecular weight excluding hydrogens is 310 g/mol. The highest BCUT2D eigenvalue weighted by molar-refractivity contribution is 6.07. The summed E-state index contributed by atoms with van der Waals surface area (Å²) in [5, 5.41) is 21.4. The van der Waals surface area contributed by atoms with E-state index in [0.29, 0.717) is 23.0 Å². The van der Waals surface area contributed by atoms with Gasteiger partial charge >= 0.3 is 0 Å². The van der Waals surface area contributed by atoms with E-state index in [9.17, 15) is 20.0 Å². The quantitative estimate of drug-likeness (QED) is 0.686. The number of fused-ring (bicyclic) bond motifs is 1. The van der Waals surface area contributed by atoms with Crippen LogP contribution in [0.2, 0.25) is 0 Å². The second kappa shape index (κ2) is 6.52. The van der Waals surface area contributed by atoms with E-state index in [2.05, 4.69) is 4.98 Å². The Morgan fingerprint density at radius 3 is 2.88 bits per heavy atom. The smallest absolute Gasteiger partial charge is 0.278 e. The zero-order chi connectivity index (χ0) is 17.3. The highest BCUT2D eigenvalue weighted by Gasteiger charge is 2.28. The maximum absolute atomic E-state index is 12.8. The number of nitro groups is 1. The lowest BCUT2D eigenvalue weighted by Crippen LogP contribution is -2.34. The number of benzene rings is 1. The predicted molar refractivity (Wildman–Crippen MR) is 88.7 cm³/mol. The van der Waals surface area contributed by atoms with Crippen molar-refractivity contribution in [1.29, 1.82) is 0 Å². The number of rotatable bonds is 4. The van der Waals surface area contributed by atoms with Crippen LogP contribution in [0.1, 0.15) is 29.6 Å². The van der Waals surface area contributed by atoms with Gasteiger partial charge in [0.1, 0.15) is 0 Å². The number of pyridine rings is 1. The van der Waals surface area contributed by atoms with E-state index in [1.807, 2.05) is 0 Å². The summed E-state index contributed by atoms with van der Waals surface area (Å²) in [5.74, 6) is -0.163. The molecule has 7 nitrogen and oxygen atoms in total. The van der Waals surface area contributed by atoms with Gasteiger partial charge in [-0.3, -0.25) is 19.9 Å². The number of hydrogen-bond donors (Lipinski definition) is 1. The van der Waals surface area contributed by atoms with Gasteiger partial charge in [0.25, 0.3) is 11.6 Å². The number of aromatic nitrogens is 1. The van der Waals surface area contributed by atoms with Gasteiger partial charge in [-0.2, -0.15) is 0 Å². The standard InChI is InChI=1S/C17H19N3O4/c1-19(10-11-4-2-6-15(11)21)17(22)13-7-8-14(20(23)24)12-5-3-9-18-16(12)13/h3,5,7-9,11,15,21H,2,4,6,10H2,1H3. The molecular formula is C17H19N3O4. The molecule has 126 valence electrons. The van der Waals surface area contributed by atoms with Crippen molar-refractivity contribution in [2.75, 3.05) is 13.6 Å². The van der Waals surface area contributed by atoms with Crippen LogP contribution in [0.15, 0.2) is 30.5 Å². The molecule has 1 amide bonds. The van der Waals surface area contributed by atoms with Gasteiger partial charge in [0.2, 0.25) is 0 Å². The normalized spacial score (nSPS) is 20.2. The molecule has 1 N–H and O–H groups in total. The largest absolute Gasteiger partial charge is 0.393 e. The Labute approximate surface area is 139 Å². The van der Waals surface area contributed by atoms with E-state index in [4.69, 9.17) is 0 Å². The fourth-order valence-electron chi connectivity index (χ4n) is 3.36. The summed E-state index contributed by atoms with van der Waals surface area (Å²) in [5.41, 5.74) is 0.602. The number of nitro benzene ring substituents is 1. The molecule has 24 heavy (non-hydrogen) atoms. The SMILES string of the molecule is CN(CC1CCCC1O)C(=O)c1ccc([N+](=O)[O-])c2cccnc12. The van der Waals surface area contributed by atoms with Crippen LogP contribution in [-0.4, -0.2) is 45.5 Å². The third-order valence-corrected chi connectivity index (χ3v) is 4.65. The zero-order valence-corrected chi connectivity index (χ0v) is 13.4. The van der Waals surface area contributed by atoms with Crippen LogP contribution >= 0.6 is 0 Å². The van der Waals surface area contributed by atoms with Crippen LogP contribution in [0.3, 0.4) is 0 Å². The van der Waals surface area contributed by atoms with Gasteiger partial charge in [-0.05, 0) is 31.0 Å². The lowest BCUT2D eigenvalue weighted by molar-refractivity contribution is -0.383. The first-order chi connectivity index (χ1) is 11.5. The van der Waals surface area contributed by atoms with Crippen molar-refractivity contribution in [3.05, 3.63) is 46.1 Å². The summed E-state index contributed by atoms with van der Waals surface area (Å²) in [4.78, 5) is 29.2. The van der Waals surface area contributed by atoms with Gasteiger partial charge < -0.3 is 10.0 Å². The average Bonchev–Trinajstić information content (AvgIpc) is 2.97. The summed E-state index contributed by atoms with van der Waals surface area (Å²) in [6.07, 6.45) is 3.79. The molecule has 7 heteroatoms. The number of carbonyl (C=O) groups excluding carboxylic acids is 1. The number of hydrogen-bond acceptors (Lipinski definition) is 5. The third-order valence-electron chi connectivity index (χ3n) is 4.65. The average molecular weight is 329 g/mol. The number of carbonyl (C=O) groups is 1. The first-order valence-corrected chi connectivity index (χ1v) is 7.94. The second-order valence-corrected chi connectivity index (χ2v) is 6.23. The van der Waals surface area contributed by atoms with Crippen molar-refractivity contribution >= 4 is 22.5 Å². The highest BCUT2D eigenvalue weighted by Crippen LogP contribution is 2.29. The lowest BCUT2D eigenvalue weighted by atomic mass is 10.0. The van der Waals surface area contributed by atoms with Gasteiger partial charge in [0.15, 0.2) is 0 Å². The van der Waals surface area contributed by atoms with Crippen molar-refractivity contribution < 1.29 is 14.8 Å². The van der Waals surface area contributed by atoms with Gasteiger partial charge in [0.05, 0.1) is 27.5 Å². The van der Waals surface area contributed by atoms with E-state index < -0.39 is 4.92 Å². The molecule has 2 unspecified atom stereocenters. The molecule has 0 bridgehead atoms. The van der Waals surface area contributed by atoms with E-state index in [0.717, 1.165) is 19.3 Å². The van der Waals surface area contributed by atoms with Gasteiger partial charge in [0, 0.05) is 31.8 Å². The Hall–Kier alpha value is -2.54. The summed E-state index contributed by atoms with van der Waals surface area (Å²) in [7, 11) is 1.68. The second-order valence-electron chi connectivity index (χ2n) is 6.23. The summed E-state index contributed by atoms with van der Waals surface area (Å²) in [6.45, 7) is 0.464. The Bertz CT molecular complexity index is 792. The number of aliphatic hydroxyl groups excluding tert-OH is 1. The maximum Gasteiger partial charge on any atom is 0.278 e. The topological polar surface area (TPSA) is 96.6 Å². The molecule has 1 fully saturated rings. The fraction of sp³-hybridized carbons (Fsp3) is 0.412. The highest BCUT2D eigenvalue weighted by atomic mass is 16.6. The molecule has 1 aliphatic rings. The molecule has 0 spiro atoms. The molecule has 1 heterocycles. The number of aliphatic hydroxyl groups is 1. The Kier molecular flexibility index (Phi) is 4.44. The molecule has 2 atom stereocenters. The number of nitrogens with zero attached hydrogens (tertiary/aromatic N) is 3. The van der Waals surface area contributed by atoms with Crippen LogP contribution in [0.5, 0.6) is 0 Å². The molecule has 1 saturated carbocycles.